The zero-order valence-corrected chi connectivity index (χ0v) is 22.9. The smallest absolute Gasteiger partial charge is 0.331 e. The van der Waals surface area contributed by atoms with Crippen LogP contribution in [0, 0.1) is 11.8 Å². The number of carbonyl (C=O) groups is 4. The molecule has 3 amide bonds. The van der Waals surface area contributed by atoms with Gasteiger partial charge in [-0.05, 0) is 46.7 Å². The third-order valence-corrected chi connectivity index (χ3v) is 6.71. The van der Waals surface area contributed by atoms with Gasteiger partial charge < -0.3 is 30.5 Å². The minimum atomic E-state index is -1.34. The molecule has 210 valence electrons. The lowest BCUT2D eigenvalue weighted by molar-refractivity contribution is -0.159. The number of fused-ring (bicyclic) bond motifs is 1. The molecule has 10 heteroatoms. The fraction of sp³-hybridized carbons (Fsp3) is 0.448. The summed E-state index contributed by atoms with van der Waals surface area (Å²) in [4.78, 5) is 51.7. The summed E-state index contributed by atoms with van der Waals surface area (Å²) in [5.74, 6) is -2.11. The SMILES string of the molecule is CC(=O)Nc1ccc(-c2cccc3c2CN([C@@H](CO)C(=O)N[C@@H](CO)C(=O)OC(C(C)C)C(C)C)C3=O)cc1. The van der Waals surface area contributed by atoms with Gasteiger partial charge in [-0.1, -0.05) is 52.0 Å². The van der Waals surface area contributed by atoms with Crippen molar-refractivity contribution < 1.29 is 34.1 Å². The molecule has 0 unspecified atom stereocenters. The Morgan fingerprint density at radius 2 is 1.56 bits per heavy atom. The van der Waals surface area contributed by atoms with Crippen molar-refractivity contribution in [2.24, 2.45) is 11.8 Å². The molecule has 0 saturated heterocycles. The Hall–Kier alpha value is -3.76. The molecule has 4 N–H and O–H groups in total. The highest BCUT2D eigenvalue weighted by atomic mass is 16.5. The van der Waals surface area contributed by atoms with Crippen molar-refractivity contribution in [1.29, 1.82) is 0 Å². The van der Waals surface area contributed by atoms with Gasteiger partial charge in [0.25, 0.3) is 5.91 Å². The van der Waals surface area contributed by atoms with Crippen molar-refractivity contribution in [2.45, 2.75) is 59.4 Å². The number of ether oxygens (including phenoxy) is 1. The molecule has 0 bridgehead atoms. The van der Waals surface area contributed by atoms with Crippen molar-refractivity contribution in [1.82, 2.24) is 10.2 Å². The average Bonchev–Trinajstić information content (AvgIpc) is 3.22. The van der Waals surface area contributed by atoms with E-state index < -0.39 is 49.2 Å². The van der Waals surface area contributed by atoms with Crippen LogP contribution in [0.1, 0.15) is 50.5 Å². The van der Waals surface area contributed by atoms with Gasteiger partial charge >= 0.3 is 5.97 Å². The summed E-state index contributed by atoms with van der Waals surface area (Å²) in [5, 5.41) is 25.0. The van der Waals surface area contributed by atoms with E-state index in [0.717, 1.165) is 11.1 Å². The molecule has 0 radical (unpaired) electrons. The van der Waals surface area contributed by atoms with E-state index in [2.05, 4.69) is 10.6 Å². The molecule has 0 aromatic heterocycles. The van der Waals surface area contributed by atoms with Crippen LogP contribution in [0.2, 0.25) is 0 Å². The molecule has 1 aliphatic heterocycles. The summed E-state index contributed by atoms with van der Waals surface area (Å²) in [6.07, 6.45) is -0.405. The van der Waals surface area contributed by atoms with Crippen LogP contribution in [0.5, 0.6) is 0 Å². The summed E-state index contributed by atoms with van der Waals surface area (Å²) in [6, 6.07) is 9.78. The van der Waals surface area contributed by atoms with E-state index in [4.69, 9.17) is 4.74 Å². The molecular formula is C29H37N3O7. The molecule has 0 aliphatic carbocycles. The topological polar surface area (TPSA) is 145 Å². The minimum absolute atomic E-state index is 0.0331. The maximum atomic E-state index is 13.3. The molecule has 2 aromatic carbocycles. The number of amides is 3. The zero-order chi connectivity index (χ0) is 28.9. The lowest BCUT2D eigenvalue weighted by Crippen LogP contribution is -2.55. The van der Waals surface area contributed by atoms with Crippen LogP contribution in [0.3, 0.4) is 0 Å². The van der Waals surface area contributed by atoms with Gasteiger partial charge in [0.1, 0.15) is 12.1 Å². The summed E-state index contributed by atoms with van der Waals surface area (Å²) in [6.45, 7) is 7.75. The molecule has 1 aliphatic rings. The normalized spacial score (nSPS) is 14.4. The predicted molar refractivity (Wildman–Crippen MR) is 146 cm³/mol. The Labute approximate surface area is 228 Å². The molecule has 2 aromatic rings. The number of nitrogens with one attached hydrogen (secondary N) is 2. The number of carbonyl (C=O) groups excluding carboxylic acids is 4. The summed E-state index contributed by atoms with van der Waals surface area (Å²) >= 11 is 0. The van der Waals surface area contributed by atoms with Gasteiger partial charge in [-0.3, -0.25) is 14.4 Å². The zero-order valence-electron chi connectivity index (χ0n) is 22.9. The van der Waals surface area contributed by atoms with E-state index in [0.29, 0.717) is 16.8 Å². The van der Waals surface area contributed by atoms with Gasteiger partial charge in [-0.15, -0.1) is 0 Å². The fourth-order valence-electron chi connectivity index (χ4n) is 4.84. The fourth-order valence-corrected chi connectivity index (χ4v) is 4.84. The van der Waals surface area contributed by atoms with Gasteiger partial charge in [-0.25, -0.2) is 4.79 Å². The molecule has 0 fully saturated rings. The van der Waals surface area contributed by atoms with Crippen molar-refractivity contribution >= 4 is 29.4 Å². The van der Waals surface area contributed by atoms with Crippen LogP contribution in [0.25, 0.3) is 11.1 Å². The summed E-state index contributed by atoms with van der Waals surface area (Å²) in [7, 11) is 0. The van der Waals surface area contributed by atoms with E-state index >= 15 is 0 Å². The van der Waals surface area contributed by atoms with Crippen LogP contribution in [0.15, 0.2) is 42.5 Å². The molecule has 1 heterocycles. The van der Waals surface area contributed by atoms with Crippen LogP contribution < -0.4 is 10.6 Å². The Balaban J connectivity index is 1.78. The van der Waals surface area contributed by atoms with Gasteiger partial charge in [0.2, 0.25) is 11.8 Å². The maximum absolute atomic E-state index is 13.3. The number of rotatable bonds is 11. The summed E-state index contributed by atoms with van der Waals surface area (Å²) in [5.41, 5.74) is 3.32. The van der Waals surface area contributed by atoms with Gasteiger partial charge in [0.15, 0.2) is 6.04 Å². The van der Waals surface area contributed by atoms with Crippen LogP contribution in [-0.4, -0.2) is 70.2 Å². The lowest BCUT2D eigenvalue weighted by atomic mass is 9.96. The second-order valence-corrected chi connectivity index (χ2v) is 10.4. The minimum Gasteiger partial charge on any atom is -0.460 e. The second-order valence-electron chi connectivity index (χ2n) is 10.4. The van der Waals surface area contributed by atoms with Gasteiger partial charge in [0.05, 0.1) is 13.2 Å². The number of hydrogen-bond acceptors (Lipinski definition) is 7. The molecule has 39 heavy (non-hydrogen) atoms. The molecular weight excluding hydrogens is 502 g/mol. The van der Waals surface area contributed by atoms with E-state index in [-0.39, 0.29) is 24.3 Å². The van der Waals surface area contributed by atoms with E-state index in [1.807, 2.05) is 45.9 Å². The molecule has 10 nitrogen and oxygen atoms in total. The monoisotopic (exact) mass is 539 g/mol. The number of anilines is 1. The first-order chi connectivity index (χ1) is 18.5. The third kappa shape index (κ3) is 6.82. The predicted octanol–water partition coefficient (Wildman–Crippen LogP) is 2.33. The Morgan fingerprint density at radius 1 is 0.949 bits per heavy atom. The van der Waals surface area contributed by atoms with Crippen LogP contribution in [-0.2, 0) is 25.7 Å². The third-order valence-electron chi connectivity index (χ3n) is 6.71. The first kappa shape index (κ1) is 29.8. The highest BCUT2D eigenvalue weighted by molar-refractivity contribution is 6.03. The van der Waals surface area contributed by atoms with Crippen LogP contribution in [0.4, 0.5) is 5.69 Å². The van der Waals surface area contributed by atoms with E-state index in [9.17, 15) is 29.4 Å². The van der Waals surface area contributed by atoms with Crippen molar-refractivity contribution in [2.75, 3.05) is 18.5 Å². The first-order valence-corrected chi connectivity index (χ1v) is 13.0. The van der Waals surface area contributed by atoms with Crippen molar-refractivity contribution in [3.8, 4) is 11.1 Å². The van der Waals surface area contributed by atoms with E-state index in [1.54, 1.807) is 24.3 Å². The number of esters is 1. The number of benzene rings is 2. The highest BCUT2D eigenvalue weighted by Gasteiger charge is 2.39. The van der Waals surface area contributed by atoms with Crippen molar-refractivity contribution in [3.63, 3.8) is 0 Å². The number of aliphatic hydroxyl groups excluding tert-OH is 2. The van der Waals surface area contributed by atoms with Crippen molar-refractivity contribution in [3.05, 3.63) is 53.6 Å². The van der Waals surface area contributed by atoms with E-state index in [1.165, 1.54) is 11.8 Å². The Morgan fingerprint density at radius 3 is 2.10 bits per heavy atom. The lowest BCUT2D eigenvalue weighted by Gasteiger charge is -2.29. The quantitative estimate of drug-likeness (QED) is 0.321. The molecule has 2 atom stereocenters. The first-order valence-electron chi connectivity index (χ1n) is 13.0. The number of aliphatic hydroxyl groups is 2. The average molecular weight is 540 g/mol. The Bertz CT molecular complexity index is 1200. The van der Waals surface area contributed by atoms with Gasteiger partial charge in [0, 0.05) is 24.7 Å². The summed E-state index contributed by atoms with van der Waals surface area (Å²) < 4.78 is 5.55. The molecule has 0 spiro atoms. The van der Waals surface area contributed by atoms with Crippen LogP contribution >= 0.6 is 0 Å². The number of nitrogens with zero attached hydrogens (tertiary/aromatic N) is 1. The molecule has 0 saturated carbocycles. The number of hydrogen-bond donors (Lipinski definition) is 4. The standard InChI is InChI=1S/C29H37N3O7/c1-16(2)26(17(3)4)39-29(38)24(14-33)31-27(36)25(15-34)32-13-23-21(7-6-8-22(23)28(32)37)19-9-11-20(12-10-19)30-18(5)35/h6-12,16-17,24-26,33-34H,13-15H2,1-5H3,(H,30,35)(H,31,36)/t24-,25-/m0/s1. The maximum Gasteiger partial charge on any atom is 0.331 e. The highest BCUT2D eigenvalue weighted by Crippen LogP contribution is 2.34. The molecule has 3 rings (SSSR count). The largest absolute Gasteiger partial charge is 0.460 e. The Kier molecular flexibility index (Phi) is 9.82. The van der Waals surface area contributed by atoms with Gasteiger partial charge in [-0.2, -0.15) is 0 Å². The second kappa shape index (κ2) is 12.9.